The molecule has 118 valence electrons. The molecule has 0 aromatic carbocycles. The molecule has 1 N–H and O–H groups in total. The molecule has 1 atom stereocenters. The number of nitriles is 1. The molecule has 5 rings (SSSR count). The molecule has 0 radical (unpaired) electrons. The third kappa shape index (κ3) is 1.74. The first-order valence-corrected chi connectivity index (χ1v) is 8.02. The topological polar surface area (TPSA) is 88.1 Å². The van der Waals surface area contributed by atoms with Crippen molar-refractivity contribution < 1.29 is 0 Å². The van der Waals surface area contributed by atoms with E-state index in [9.17, 15) is 0 Å². The van der Waals surface area contributed by atoms with Crippen LogP contribution >= 0.6 is 0 Å². The average molecular weight is 317 g/mol. The zero-order valence-electron chi connectivity index (χ0n) is 13.2. The molecular weight excluding hydrogens is 302 g/mol. The summed E-state index contributed by atoms with van der Waals surface area (Å²) in [4.78, 5) is 12.3. The van der Waals surface area contributed by atoms with Crippen molar-refractivity contribution in [1.29, 1.82) is 5.26 Å². The summed E-state index contributed by atoms with van der Waals surface area (Å²) in [6.07, 6.45) is 5.67. The van der Waals surface area contributed by atoms with Crippen molar-refractivity contribution in [3.05, 3.63) is 41.7 Å². The van der Waals surface area contributed by atoms with Gasteiger partial charge in [0.2, 0.25) is 0 Å². The van der Waals surface area contributed by atoms with E-state index in [0.29, 0.717) is 5.69 Å². The number of pyridine rings is 1. The summed E-state index contributed by atoms with van der Waals surface area (Å²) in [7, 11) is 0. The van der Waals surface area contributed by atoms with Gasteiger partial charge in [-0.15, -0.1) is 0 Å². The van der Waals surface area contributed by atoms with Crippen molar-refractivity contribution in [3.8, 4) is 6.07 Å². The van der Waals surface area contributed by atoms with Crippen LogP contribution < -0.4 is 0 Å². The summed E-state index contributed by atoms with van der Waals surface area (Å²) in [5.41, 5.74) is 4.56. The summed E-state index contributed by atoms with van der Waals surface area (Å²) < 4.78 is 4.28. The largest absolute Gasteiger partial charge is 0.346 e. The predicted molar refractivity (Wildman–Crippen MR) is 88.4 cm³/mol. The van der Waals surface area contributed by atoms with Gasteiger partial charge in [0.1, 0.15) is 23.1 Å². The van der Waals surface area contributed by atoms with Crippen LogP contribution in [-0.4, -0.2) is 29.3 Å². The van der Waals surface area contributed by atoms with Crippen molar-refractivity contribution in [2.24, 2.45) is 0 Å². The zero-order valence-corrected chi connectivity index (χ0v) is 13.2. The van der Waals surface area contributed by atoms with Crippen molar-refractivity contribution in [3.63, 3.8) is 0 Å². The van der Waals surface area contributed by atoms with Gasteiger partial charge in [-0.05, 0) is 31.9 Å². The molecule has 0 spiro atoms. The van der Waals surface area contributed by atoms with E-state index in [0.717, 1.165) is 53.0 Å². The molecule has 7 nitrogen and oxygen atoms in total. The van der Waals surface area contributed by atoms with Gasteiger partial charge >= 0.3 is 0 Å². The van der Waals surface area contributed by atoms with Gasteiger partial charge in [-0.3, -0.25) is 4.68 Å². The second-order valence-electron chi connectivity index (χ2n) is 6.27. The number of nitrogens with one attached hydrogen (secondary N) is 1. The molecule has 24 heavy (non-hydrogen) atoms. The third-order valence-corrected chi connectivity index (χ3v) is 4.87. The lowest BCUT2D eigenvalue weighted by Crippen LogP contribution is -2.24. The Hall–Kier alpha value is -3.14. The van der Waals surface area contributed by atoms with Crippen LogP contribution in [-0.2, 0) is 13.0 Å². The van der Waals surface area contributed by atoms with E-state index in [1.807, 2.05) is 30.1 Å². The predicted octanol–water partition coefficient (Wildman–Crippen LogP) is 2.48. The number of aromatic nitrogens is 6. The highest BCUT2D eigenvalue weighted by Gasteiger charge is 2.25. The number of H-pyrrole nitrogens is 1. The Kier molecular flexibility index (Phi) is 2.59. The van der Waals surface area contributed by atoms with E-state index in [1.165, 1.54) is 0 Å². The Bertz CT molecular complexity index is 1120. The number of imidazole rings is 1. The number of aryl methyl sites for hydroxylation is 2. The number of fused-ring (bicyclic) bond motifs is 4. The fourth-order valence-corrected chi connectivity index (χ4v) is 3.84. The molecule has 1 aliphatic heterocycles. The maximum absolute atomic E-state index is 9.07. The average Bonchev–Trinajstić information content (AvgIpc) is 3.28. The van der Waals surface area contributed by atoms with E-state index >= 15 is 0 Å². The van der Waals surface area contributed by atoms with Gasteiger partial charge in [-0.25, -0.2) is 9.97 Å². The Balaban J connectivity index is 1.68. The molecule has 0 unspecified atom stereocenters. The molecule has 4 aromatic rings. The van der Waals surface area contributed by atoms with Crippen LogP contribution in [0.25, 0.3) is 22.1 Å². The minimum absolute atomic E-state index is 0.273. The minimum atomic E-state index is 0.273. The summed E-state index contributed by atoms with van der Waals surface area (Å²) in [5.74, 6) is 0.988. The van der Waals surface area contributed by atoms with Crippen molar-refractivity contribution in [1.82, 2.24) is 29.3 Å². The van der Waals surface area contributed by atoms with Crippen LogP contribution in [0.1, 0.15) is 29.7 Å². The van der Waals surface area contributed by atoms with Gasteiger partial charge in [-0.2, -0.15) is 10.4 Å². The number of rotatable bonds is 1. The lowest BCUT2D eigenvalue weighted by atomic mass is 10.0. The molecule has 7 heteroatoms. The molecule has 0 saturated heterocycles. The summed E-state index contributed by atoms with van der Waals surface area (Å²) in [6.45, 7) is 2.80. The molecule has 0 saturated carbocycles. The fraction of sp³-hybridized carbons (Fsp3) is 0.294. The monoisotopic (exact) mass is 317 g/mol. The number of aromatic amines is 1. The molecule has 0 fully saturated rings. The minimum Gasteiger partial charge on any atom is -0.346 e. The van der Waals surface area contributed by atoms with Crippen LogP contribution in [0.15, 0.2) is 24.5 Å². The van der Waals surface area contributed by atoms with Gasteiger partial charge in [0, 0.05) is 17.3 Å². The second kappa shape index (κ2) is 4.68. The number of hydrogen-bond donors (Lipinski definition) is 1. The molecule has 1 aliphatic rings. The van der Waals surface area contributed by atoms with Gasteiger partial charge in [0.25, 0.3) is 0 Å². The fourth-order valence-electron chi connectivity index (χ4n) is 3.84. The maximum atomic E-state index is 9.07. The van der Waals surface area contributed by atoms with E-state index < -0.39 is 0 Å². The molecule has 4 aromatic heterocycles. The highest BCUT2D eigenvalue weighted by Crippen LogP contribution is 2.32. The molecule has 0 amide bonds. The van der Waals surface area contributed by atoms with Gasteiger partial charge in [0.15, 0.2) is 5.69 Å². The van der Waals surface area contributed by atoms with Crippen molar-refractivity contribution in [2.45, 2.75) is 32.4 Å². The zero-order chi connectivity index (χ0) is 16.3. The highest BCUT2D eigenvalue weighted by atomic mass is 15.3. The molecule has 0 aliphatic carbocycles. The van der Waals surface area contributed by atoms with Crippen LogP contribution in [0.4, 0.5) is 0 Å². The highest BCUT2D eigenvalue weighted by molar-refractivity contribution is 6.01. The summed E-state index contributed by atoms with van der Waals surface area (Å²) in [5, 5.41) is 14.6. The smallest absolute Gasteiger partial charge is 0.162 e. The standard InChI is InChI=1S/C17H15N7/c1-10-21-15-8-20-17-14(4-5-19-17)16(15)24(10)13-3-2-12-6-11(7-18)22-23(12)9-13/h4-6,8,13H,2-3,9H2,1H3,(H,19,20)/t13-/m0/s1. The van der Waals surface area contributed by atoms with Crippen molar-refractivity contribution in [2.75, 3.05) is 0 Å². The molecule has 5 heterocycles. The van der Waals surface area contributed by atoms with E-state index in [-0.39, 0.29) is 6.04 Å². The first-order chi connectivity index (χ1) is 11.7. The Morgan fingerprint density at radius 3 is 3.21 bits per heavy atom. The SMILES string of the molecule is Cc1nc2cnc3[nH]ccc3c2n1[C@H]1CCc2cc(C#N)nn2C1. The quantitative estimate of drug-likeness (QED) is 0.584. The van der Waals surface area contributed by atoms with Crippen LogP contribution in [0.3, 0.4) is 0 Å². The van der Waals surface area contributed by atoms with Crippen LogP contribution in [0, 0.1) is 18.3 Å². The molecular formula is C17H15N7. The Labute approximate surface area is 137 Å². The van der Waals surface area contributed by atoms with E-state index in [2.05, 4.69) is 31.8 Å². The van der Waals surface area contributed by atoms with Crippen LogP contribution in [0.2, 0.25) is 0 Å². The Morgan fingerprint density at radius 2 is 2.33 bits per heavy atom. The van der Waals surface area contributed by atoms with Gasteiger partial charge in [-0.1, -0.05) is 0 Å². The van der Waals surface area contributed by atoms with E-state index in [1.54, 1.807) is 0 Å². The lowest BCUT2D eigenvalue weighted by molar-refractivity contribution is 0.344. The van der Waals surface area contributed by atoms with E-state index in [4.69, 9.17) is 10.2 Å². The normalized spacial score (nSPS) is 17.2. The third-order valence-electron chi connectivity index (χ3n) is 4.87. The maximum Gasteiger partial charge on any atom is 0.162 e. The van der Waals surface area contributed by atoms with Crippen molar-refractivity contribution >= 4 is 22.1 Å². The first-order valence-electron chi connectivity index (χ1n) is 8.02. The van der Waals surface area contributed by atoms with Gasteiger partial charge in [0.05, 0.1) is 24.3 Å². The second-order valence-corrected chi connectivity index (χ2v) is 6.27. The Morgan fingerprint density at radius 1 is 1.42 bits per heavy atom. The van der Waals surface area contributed by atoms with Gasteiger partial charge < -0.3 is 9.55 Å². The summed E-state index contributed by atoms with van der Waals surface area (Å²) in [6, 6.07) is 6.35. The number of nitrogens with zero attached hydrogens (tertiary/aromatic N) is 6. The molecule has 0 bridgehead atoms. The summed E-state index contributed by atoms with van der Waals surface area (Å²) >= 11 is 0. The lowest BCUT2D eigenvalue weighted by Gasteiger charge is -2.26. The number of hydrogen-bond acceptors (Lipinski definition) is 4. The van der Waals surface area contributed by atoms with Crippen LogP contribution in [0.5, 0.6) is 0 Å². The first kappa shape index (κ1) is 13.3.